The Bertz CT molecular complexity index is 649. The molecule has 0 saturated carbocycles. The van der Waals surface area contributed by atoms with E-state index in [9.17, 15) is 4.79 Å². The van der Waals surface area contributed by atoms with Gasteiger partial charge >= 0.3 is 0 Å². The molecule has 3 heterocycles. The summed E-state index contributed by atoms with van der Waals surface area (Å²) in [5, 5.41) is 9.18. The number of piperidine rings is 1. The SMILES string of the molecule is Cc1ccc(-c2nc(CC(=O)NC3CNCCC3C)cs2)o1. The summed E-state index contributed by atoms with van der Waals surface area (Å²) in [4.78, 5) is 16.7. The number of nitrogens with one attached hydrogen (secondary N) is 2. The van der Waals surface area contributed by atoms with E-state index in [2.05, 4.69) is 22.5 Å². The van der Waals surface area contributed by atoms with E-state index in [-0.39, 0.29) is 11.9 Å². The Morgan fingerprint density at radius 2 is 2.41 bits per heavy atom. The number of carbonyl (C=O) groups excluding carboxylic acids is 1. The number of hydrogen-bond donors (Lipinski definition) is 2. The molecule has 118 valence electrons. The van der Waals surface area contributed by atoms with Crippen LogP contribution in [0.1, 0.15) is 24.8 Å². The molecular weight excluding hydrogens is 298 g/mol. The Morgan fingerprint density at radius 3 is 3.14 bits per heavy atom. The van der Waals surface area contributed by atoms with Gasteiger partial charge in [-0.1, -0.05) is 6.92 Å². The molecule has 2 aromatic rings. The quantitative estimate of drug-likeness (QED) is 0.908. The summed E-state index contributed by atoms with van der Waals surface area (Å²) in [7, 11) is 0. The number of hydrogen-bond acceptors (Lipinski definition) is 5. The number of furan rings is 1. The van der Waals surface area contributed by atoms with Gasteiger partial charge in [0.2, 0.25) is 5.91 Å². The number of nitrogens with zero attached hydrogens (tertiary/aromatic N) is 1. The van der Waals surface area contributed by atoms with Gasteiger partial charge in [0.25, 0.3) is 0 Å². The average molecular weight is 319 g/mol. The zero-order valence-electron chi connectivity index (χ0n) is 12.9. The first-order chi connectivity index (χ1) is 10.6. The maximum Gasteiger partial charge on any atom is 0.226 e. The summed E-state index contributed by atoms with van der Waals surface area (Å²) in [6.07, 6.45) is 1.42. The molecule has 0 radical (unpaired) electrons. The molecule has 5 nitrogen and oxygen atoms in total. The second-order valence-corrected chi connectivity index (χ2v) is 6.73. The Hall–Kier alpha value is -1.66. The Kier molecular flexibility index (Phi) is 4.59. The third kappa shape index (κ3) is 3.56. The van der Waals surface area contributed by atoms with Gasteiger partial charge in [0.05, 0.1) is 12.1 Å². The van der Waals surface area contributed by atoms with Crippen LogP contribution < -0.4 is 10.6 Å². The molecule has 1 aliphatic heterocycles. The molecule has 1 amide bonds. The molecule has 1 saturated heterocycles. The normalized spacial score (nSPS) is 21.7. The minimum Gasteiger partial charge on any atom is -0.459 e. The second kappa shape index (κ2) is 6.62. The fourth-order valence-electron chi connectivity index (χ4n) is 2.66. The minimum absolute atomic E-state index is 0.0352. The van der Waals surface area contributed by atoms with E-state index in [0.717, 1.165) is 41.7 Å². The Balaban J connectivity index is 1.59. The lowest BCUT2D eigenvalue weighted by atomic mass is 9.95. The first-order valence-corrected chi connectivity index (χ1v) is 8.51. The molecule has 2 aromatic heterocycles. The summed E-state index contributed by atoms with van der Waals surface area (Å²) < 4.78 is 5.56. The van der Waals surface area contributed by atoms with Gasteiger partial charge in [0.15, 0.2) is 10.8 Å². The zero-order valence-corrected chi connectivity index (χ0v) is 13.7. The van der Waals surface area contributed by atoms with E-state index in [1.807, 2.05) is 24.4 Å². The van der Waals surface area contributed by atoms with Crippen molar-refractivity contribution >= 4 is 17.2 Å². The standard InChI is InChI=1S/C16H21N3O2S/c1-10-5-6-17-8-13(10)19-15(20)7-12-9-22-16(18-12)14-4-3-11(2)21-14/h3-4,9-10,13,17H,5-8H2,1-2H3,(H,19,20). The van der Waals surface area contributed by atoms with E-state index in [1.54, 1.807) is 0 Å². The highest BCUT2D eigenvalue weighted by Gasteiger charge is 2.23. The van der Waals surface area contributed by atoms with Gasteiger partial charge in [-0.2, -0.15) is 0 Å². The molecule has 1 fully saturated rings. The van der Waals surface area contributed by atoms with Crippen molar-refractivity contribution in [2.75, 3.05) is 13.1 Å². The minimum atomic E-state index is 0.0352. The average Bonchev–Trinajstić information content (AvgIpc) is 3.10. The van der Waals surface area contributed by atoms with Gasteiger partial charge in [0.1, 0.15) is 5.76 Å². The fourth-order valence-corrected chi connectivity index (χ4v) is 3.44. The first kappa shape index (κ1) is 15.2. The van der Waals surface area contributed by atoms with Crippen LogP contribution >= 0.6 is 11.3 Å². The number of carbonyl (C=O) groups is 1. The van der Waals surface area contributed by atoms with E-state index >= 15 is 0 Å². The third-order valence-electron chi connectivity index (χ3n) is 4.02. The maximum atomic E-state index is 12.2. The molecule has 0 spiro atoms. The predicted octanol–water partition coefficient (Wildman–Crippen LogP) is 2.37. The Labute approximate surface area is 134 Å². The molecule has 2 N–H and O–H groups in total. The molecular formula is C16H21N3O2S. The topological polar surface area (TPSA) is 67.2 Å². The highest BCUT2D eigenvalue weighted by Crippen LogP contribution is 2.25. The first-order valence-electron chi connectivity index (χ1n) is 7.63. The van der Waals surface area contributed by atoms with Crippen molar-refractivity contribution in [2.45, 2.75) is 32.7 Å². The zero-order chi connectivity index (χ0) is 15.5. The van der Waals surface area contributed by atoms with E-state index in [4.69, 9.17) is 4.42 Å². The van der Waals surface area contributed by atoms with E-state index in [0.29, 0.717) is 12.3 Å². The molecule has 0 bridgehead atoms. The Morgan fingerprint density at radius 1 is 1.55 bits per heavy atom. The lowest BCUT2D eigenvalue weighted by Crippen LogP contribution is -2.50. The van der Waals surface area contributed by atoms with Crippen LogP contribution in [-0.2, 0) is 11.2 Å². The van der Waals surface area contributed by atoms with Crippen molar-refractivity contribution in [3.05, 3.63) is 29.0 Å². The van der Waals surface area contributed by atoms with Crippen LogP contribution in [0, 0.1) is 12.8 Å². The van der Waals surface area contributed by atoms with Crippen LogP contribution in [0.25, 0.3) is 10.8 Å². The van der Waals surface area contributed by atoms with Crippen molar-refractivity contribution in [1.82, 2.24) is 15.6 Å². The molecule has 6 heteroatoms. The summed E-state index contributed by atoms with van der Waals surface area (Å²) in [5.74, 6) is 2.18. The highest BCUT2D eigenvalue weighted by molar-refractivity contribution is 7.13. The number of thiazole rings is 1. The van der Waals surface area contributed by atoms with Gasteiger partial charge in [-0.3, -0.25) is 4.79 Å². The van der Waals surface area contributed by atoms with Crippen molar-refractivity contribution < 1.29 is 9.21 Å². The van der Waals surface area contributed by atoms with Gasteiger partial charge in [-0.15, -0.1) is 11.3 Å². The molecule has 22 heavy (non-hydrogen) atoms. The van der Waals surface area contributed by atoms with Crippen LogP contribution in [0.2, 0.25) is 0 Å². The number of aryl methyl sites for hydroxylation is 1. The molecule has 2 atom stereocenters. The predicted molar refractivity (Wildman–Crippen MR) is 86.8 cm³/mol. The van der Waals surface area contributed by atoms with Crippen LogP contribution in [0.15, 0.2) is 21.9 Å². The van der Waals surface area contributed by atoms with E-state index < -0.39 is 0 Å². The lowest BCUT2D eigenvalue weighted by Gasteiger charge is -2.30. The fraction of sp³-hybridized carbons (Fsp3) is 0.500. The van der Waals surface area contributed by atoms with Gasteiger partial charge in [0, 0.05) is 18.0 Å². The monoisotopic (exact) mass is 319 g/mol. The molecule has 0 aromatic carbocycles. The summed E-state index contributed by atoms with van der Waals surface area (Å²) >= 11 is 1.51. The van der Waals surface area contributed by atoms with Crippen molar-refractivity contribution in [1.29, 1.82) is 0 Å². The van der Waals surface area contributed by atoms with Crippen LogP contribution in [-0.4, -0.2) is 30.0 Å². The lowest BCUT2D eigenvalue weighted by molar-refractivity contribution is -0.121. The van der Waals surface area contributed by atoms with Gasteiger partial charge < -0.3 is 15.1 Å². The number of rotatable bonds is 4. The van der Waals surface area contributed by atoms with Crippen molar-refractivity contribution in [3.63, 3.8) is 0 Å². The molecule has 1 aliphatic rings. The van der Waals surface area contributed by atoms with Crippen LogP contribution in [0.4, 0.5) is 0 Å². The van der Waals surface area contributed by atoms with E-state index in [1.165, 1.54) is 11.3 Å². The molecule has 3 rings (SSSR count). The molecule has 2 unspecified atom stereocenters. The van der Waals surface area contributed by atoms with Gasteiger partial charge in [-0.05, 0) is 37.9 Å². The molecule has 0 aliphatic carbocycles. The van der Waals surface area contributed by atoms with Crippen molar-refractivity contribution in [2.24, 2.45) is 5.92 Å². The highest BCUT2D eigenvalue weighted by atomic mass is 32.1. The summed E-state index contributed by atoms with van der Waals surface area (Å²) in [6.45, 7) is 5.98. The number of aromatic nitrogens is 1. The summed E-state index contributed by atoms with van der Waals surface area (Å²) in [5.41, 5.74) is 0.794. The van der Waals surface area contributed by atoms with Crippen molar-refractivity contribution in [3.8, 4) is 10.8 Å². The smallest absolute Gasteiger partial charge is 0.226 e. The van der Waals surface area contributed by atoms with Crippen LogP contribution in [0.3, 0.4) is 0 Å². The number of amides is 1. The van der Waals surface area contributed by atoms with Crippen LogP contribution in [0.5, 0.6) is 0 Å². The largest absolute Gasteiger partial charge is 0.459 e. The third-order valence-corrected chi connectivity index (χ3v) is 4.92. The second-order valence-electron chi connectivity index (χ2n) is 5.88. The maximum absolute atomic E-state index is 12.2. The summed E-state index contributed by atoms with van der Waals surface area (Å²) in [6, 6.07) is 4.04. The van der Waals surface area contributed by atoms with Gasteiger partial charge in [-0.25, -0.2) is 4.98 Å².